The second kappa shape index (κ2) is 6.51. The fourth-order valence-corrected chi connectivity index (χ4v) is 2.50. The highest BCUT2D eigenvalue weighted by atomic mass is 32.2. The van der Waals surface area contributed by atoms with E-state index in [1.165, 1.54) is 0 Å². The molecule has 5 heteroatoms. The molecule has 0 rings (SSSR count). The van der Waals surface area contributed by atoms with E-state index in [2.05, 4.69) is 18.1 Å². The van der Waals surface area contributed by atoms with E-state index in [1.54, 1.807) is 11.8 Å². The summed E-state index contributed by atoms with van der Waals surface area (Å²) in [4.78, 5) is 13.8. The summed E-state index contributed by atoms with van der Waals surface area (Å²) in [5, 5.41) is 8.80. The Balaban J connectivity index is 3.78. The molecule has 12 heavy (non-hydrogen) atoms. The normalized spacial score (nSPS) is 13.3. The Kier molecular flexibility index (Phi) is 6.50. The summed E-state index contributed by atoms with van der Waals surface area (Å²) in [6.45, 7) is 4.18. The lowest BCUT2D eigenvalue weighted by molar-refractivity contribution is -0.139. The van der Waals surface area contributed by atoms with Crippen LogP contribution < -0.4 is 4.98 Å². The minimum atomic E-state index is -0.967. The zero-order valence-corrected chi connectivity index (χ0v) is 9.80. The molecule has 0 aliphatic rings. The monoisotopic (exact) mass is 207 g/mol. The molecule has 0 fully saturated rings. The standard InChI is InChI=1S/C7H17NO2SSi/c1-11-5-4-6(7(9)10)8-12(2)3/h6,8,12H,4-5H2,1-3H3,(H,9,10). The van der Waals surface area contributed by atoms with Gasteiger partial charge in [-0.3, -0.25) is 4.79 Å². The number of hydrogen-bond acceptors (Lipinski definition) is 3. The summed E-state index contributed by atoms with van der Waals surface area (Å²) in [5.74, 6) is 0.190. The summed E-state index contributed by atoms with van der Waals surface area (Å²) < 4.78 is 0. The van der Waals surface area contributed by atoms with Crippen molar-refractivity contribution in [1.82, 2.24) is 4.98 Å². The number of carboxylic acid groups (broad SMARTS) is 1. The molecule has 1 atom stereocenters. The van der Waals surface area contributed by atoms with Crippen molar-refractivity contribution in [2.24, 2.45) is 0 Å². The van der Waals surface area contributed by atoms with E-state index in [9.17, 15) is 4.79 Å². The van der Waals surface area contributed by atoms with Crippen LogP contribution in [-0.2, 0) is 4.79 Å². The fraction of sp³-hybridized carbons (Fsp3) is 0.857. The van der Waals surface area contributed by atoms with Gasteiger partial charge in [-0.1, -0.05) is 13.1 Å². The topological polar surface area (TPSA) is 49.3 Å². The Morgan fingerprint density at radius 3 is 2.58 bits per heavy atom. The number of carboxylic acids is 1. The second-order valence-electron chi connectivity index (χ2n) is 2.99. The van der Waals surface area contributed by atoms with Crippen LogP contribution in [0.2, 0.25) is 13.1 Å². The number of hydrogen-bond donors (Lipinski definition) is 2. The predicted octanol–water partition coefficient (Wildman–Crippen LogP) is 0.766. The summed E-state index contributed by atoms with van der Waals surface area (Å²) in [7, 11) is -0.967. The van der Waals surface area contributed by atoms with Gasteiger partial charge in [-0.2, -0.15) is 11.8 Å². The molecule has 0 amide bonds. The SMILES string of the molecule is CSCCC(N[SiH](C)C)C(=O)O. The number of rotatable bonds is 6. The molecular formula is C7H17NO2SSi. The Hall–Kier alpha value is -0.00312. The Bertz CT molecular complexity index is 143. The molecule has 0 saturated carbocycles. The first-order chi connectivity index (χ1) is 5.57. The van der Waals surface area contributed by atoms with Gasteiger partial charge >= 0.3 is 5.97 Å². The lowest BCUT2D eigenvalue weighted by atomic mass is 10.2. The van der Waals surface area contributed by atoms with Crippen molar-refractivity contribution in [3.05, 3.63) is 0 Å². The fourth-order valence-electron chi connectivity index (χ4n) is 0.916. The van der Waals surface area contributed by atoms with Crippen molar-refractivity contribution in [2.75, 3.05) is 12.0 Å². The van der Waals surface area contributed by atoms with Crippen molar-refractivity contribution in [2.45, 2.75) is 25.6 Å². The van der Waals surface area contributed by atoms with Crippen LogP contribution in [0.3, 0.4) is 0 Å². The largest absolute Gasteiger partial charge is 0.480 e. The number of nitrogens with one attached hydrogen (secondary N) is 1. The second-order valence-corrected chi connectivity index (χ2v) is 6.62. The van der Waals surface area contributed by atoms with Crippen molar-refractivity contribution in [3.8, 4) is 0 Å². The maximum atomic E-state index is 10.7. The Morgan fingerprint density at radius 1 is 1.67 bits per heavy atom. The number of aliphatic carboxylic acids is 1. The van der Waals surface area contributed by atoms with Gasteiger partial charge in [-0.15, -0.1) is 0 Å². The van der Waals surface area contributed by atoms with Gasteiger partial charge in [0.05, 0.1) is 0 Å². The first-order valence-corrected chi connectivity index (χ1v) is 8.33. The molecule has 72 valence electrons. The van der Waals surface area contributed by atoms with E-state index >= 15 is 0 Å². The molecule has 0 radical (unpaired) electrons. The molecular weight excluding hydrogens is 190 g/mol. The number of carbonyl (C=O) groups is 1. The smallest absolute Gasteiger partial charge is 0.320 e. The van der Waals surface area contributed by atoms with Gasteiger partial charge in [0, 0.05) is 0 Å². The maximum absolute atomic E-state index is 10.7. The van der Waals surface area contributed by atoms with Crippen LogP contribution >= 0.6 is 11.8 Å². The molecule has 0 saturated heterocycles. The molecule has 1 unspecified atom stereocenters. The van der Waals surface area contributed by atoms with Crippen molar-refractivity contribution < 1.29 is 9.90 Å². The molecule has 0 aromatic heterocycles. The highest BCUT2D eigenvalue weighted by Gasteiger charge is 2.16. The molecule has 0 bridgehead atoms. The molecule has 0 aromatic rings. The number of thioether (sulfide) groups is 1. The van der Waals surface area contributed by atoms with E-state index < -0.39 is 14.9 Å². The quantitative estimate of drug-likeness (QED) is 0.632. The van der Waals surface area contributed by atoms with Gasteiger partial charge in [0.1, 0.15) is 15.0 Å². The molecule has 0 heterocycles. The third-order valence-corrected chi connectivity index (χ3v) is 3.16. The van der Waals surface area contributed by atoms with Crippen LogP contribution in [0.25, 0.3) is 0 Å². The van der Waals surface area contributed by atoms with Gasteiger partial charge in [0.15, 0.2) is 0 Å². The minimum Gasteiger partial charge on any atom is -0.480 e. The molecule has 2 N–H and O–H groups in total. The van der Waals surface area contributed by atoms with Crippen LogP contribution in [0.4, 0.5) is 0 Å². The van der Waals surface area contributed by atoms with E-state index in [0.717, 1.165) is 12.2 Å². The summed E-state index contributed by atoms with van der Waals surface area (Å²) in [6.07, 6.45) is 2.72. The molecule has 3 nitrogen and oxygen atoms in total. The summed E-state index contributed by atoms with van der Waals surface area (Å²) in [6, 6.07) is -0.330. The van der Waals surface area contributed by atoms with Crippen molar-refractivity contribution in [1.29, 1.82) is 0 Å². The van der Waals surface area contributed by atoms with Crippen LogP contribution in [0.5, 0.6) is 0 Å². The van der Waals surface area contributed by atoms with Crippen LogP contribution in [-0.4, -0.2) is 38.1 Å². The summed E-state index contributed by atoms with van der Waals surface area (Å²) >= 11 is 1.69. The lowest BCUT2D eigenvalue weighted by Gasteiger charge is -2.15. The molecule has 0 aliphatic heterocycles. The van der Waals surface area contributed by atoms with E-state index in [-0.39, 0.29) is 6.04 Å². The summed E-state index contributed by atoms with van der Waals surface area (Å²) in [5.41, 5.74) is 0. The molecule has 0 spiro atoms. The zero-order chi connectivity index (χ0) is 9.56. The highest BCUT2D eigenvalue weighted by molar-refractivity contribution is 7.98. The van der Waals surface area contributed by atoms with Crippen LogP contribution in [0.15, 0.2) is 0 Å². The lowest BCUT2D eigenvalue weighted by Crippen LogP contribution is -2.43. The average Bonchev–Trinajstić information content (AvgIpc) is 1.96. The third kappa shape index (κ3) is 5.62. The average molecular weight is 207 g/mol. The van der Waals surface area contributed by atoms with Gasteiger partial charge in [-0.25, -0.2) is 0 Å². The van der Waals surface area contributed by atoms with Gasteiger partial charge < -0.3 is 10.1 Å². The van der Waals surface area contributed by atoms with E-state index in [0.29, 0.717) is 0 Å². The first-order valence-electron chi connectivity index (χ1n) is 4.05. The first kappa shape index (κ1) is 12.0. The van der Waals surface area contributed by atoms with Crippen LogP contribution in [0.1, 0.15) is 6.42 Å². The van der Waals surface area contributed by atoms with E-state index in [1.807, 2.05) is 6.26 Å². The highest BCUT2D eigenvalue weighted by Crippen LogP contribution is 2.01. The van der Waals surface area contributed by atoms with Gasteiger partial charge in [0.25, 0.3) is 0 Å². The van der Waals surface area contributed by atoms with Gasteiger partial charge in [-0.05, 0) is 18.4 Å². The maximum Gasteiger partial charge on any atom is 0.320 e. The van der Waals surface area contributed by atoms with Crippen molar-refractivity contribution >= 4 is 26.7 Å². The van der Waals surface area contributed by atoms with E-state index in [4.69, 9.17) is 5.11 Å². The van der Waals surface area contributed by atoms with Crippen molar-refractivity contribution in [3.63, 3.8) is 0 Å². The molecule has 0 aliphatic carbocycles. The van der Waals surface area contributed by atoms with Gasteiger partial charge in [0.2, 0.25) is 0 Å². The third-order valence-electron chi connectivity index (χ3n) is 1.44. The molecule has 0 aromatic carbocycles. The predicted molar refractivity (Wildman–Crippen MR) is 56.4 cm³/mol. The van der Waals surface area contributed by atoms with Crippen LogP contribution in [0, 0.1) is 0 Å². The minimum absolute atomic E-state index is 0.330. The Morgan fingerprint density at radius 2 is 2.25 bits per heavy atom. The Labute approximate surface area is 79.6 Å². The zero-order valence-electron chi connectivity index (χ0n) is 7.83.